The molecule has 1 nitrogen and oxygen atoms in total. The molecule has 0 aliphatic heterocycles. The molecule has 3 heteroatoms. The van der Waals surface area contributed by atoms with E-state index in [1.807, 2.05) is 6.92 Å². The molecule has 0 aromatic heterocycles. The van der Waals surface area contributed by atoms with Crippen LogP contribution in [0.3, 0.4) is 0 Å². The first-order valence-corrected chi connectivity index (χ1v) is 4.72. The van der Waals surface area contributed by atoms with Crippen LogP contribution in [0.1, 0.15) is 25.8 Å². The van der Waals surface area contributed by atoms with E-state index in [0.717, 1.165) is 6.42 Å². The van der Waals surface area contributed by atoms with Crippen LogP contribution < -0.4 is 4.74 Å². The zero-order valence-electron chi connectivity index (χ0n) is 8.39. The van der Waals surface area contributed by atoms with Crippen molar-refractivity contribution in [3.05, 3.63) is 29.6 Å². The lowest BCUT2D eigenvalue weighted by Crippen LogP contribution is -2.04. The van der Waals surface area contributed by atoms with E-state index in [4.69, 9.17) is 4.74 Å². The Labute approximate surface area is 82.7 Å². The highest BCUT2D eigenvalue weighted by atomic mass is 19.1. The quantitative estimate of drug-likeness (QED) is 0.723. The van der Waals surface area contributed by atoms with Gasteiger partial charge in [0.1, 0.15) is 11.6 Å². The number of aryl methyl sites for hydroxylation is 1. The minimum absolute atomic E-state index is 0.259. The molecule has 0 N–H and O–H groups in total. The van der Waals surface area contributed by atoms with E-state index >= 15 is 0 Å². The number of halogens is 2. The van der Waals surface area contributed by atoms with Gasteiger partial charge in [-0.05, 0) is 30.2 Å². The second kappa shape index (κ2) is 4.94. The molecule has 78 valence electrons. The SMILES string of the molecule is CCCc1cc(OC(C)F)ccc1F. The van der Waals surface area contributed by atoms with Crippen LogP contribution in [-0.2, 0) is 6.42 Å². The van der Waals surface area contributed by atoms with E-state index in [9.17, 15) is 8.78 Å². The van der Waals surface area contributed by atoms with Gasteiger partial charge in [-0.2, -0.15) is 0 Å². The first-order chi connectivity index (χ1) is 6.63. The summed E-state index contributed by atoms with van der Waals surface area (Å²) in [5.74, 6) is 0.121. The van der Waals surface area contributed by atoms with Gasteiger partial charge in [-0.3, -0.25) is 0 Å². The molecule has 0 saturated heterocycles. The Morgan fingerprint density at radius 2 is 2.14 bits per heavy atom. The van der Waals surface area contributed by atoms with Crippen molar-refractivity contribution < 1.29 is 13.5 Å². The van der Waals surface area contributed by atoms with Crippen molar-refractivity contribution in [2.75, 3.05) is 0 Å². The molecule has 1 aromatic carbocycles. The van der Waals surface area contributed by atoms with Gasteiger partial charge in [-0.25, -0.2) is 8.78 Å². The van der Waals surface area contributed by atoms with E-state index in [2.05, 4.69) is 0 Å². The maximum atomic E-state index is 13.1. The molecule has 0 radical (unpaired) electrons. The van der Waals surface area contributed by atoms with Crippen LogP contribution in [0.15, 0.2) is 18.2 Å². The molecular weight excluding hydrogens is 186 g/mol. The van der Waals surface area contributed by atoms with Crippen LogP contribution in [-0.4, -0.2) is 6.36 Å². The summed E-state index contributed by atoms with van der Waals surface area (Å²) < 4.78 is 30.5. The average Bonchev–Trinajstić information content (AvgIpc) is 2.10. The first-order valence-electron chi connectivity index (χ1n) is 4.72. The maximum absolute atomic E-state index is 13.1. The molecule has 0 aliphatic rings. The van der Waals surface area contributed by atoms with E-state index in [0.29, 0.717) is 17.7 Å². The van der Waals surface area contributed by atoms with Gasteiger partial charge in [0, 0.05) is 6.92 Å². The molecule has 0 bridgehead atoms. The third-order valence-corrected chi connectivity index (χ3v) is 1.83. The largest absolute Gasteiger partial charge is 0.461 e. The number of hydrogen-bond donors (Lipinski definition) is 0. The normalized spacial score (nSPS) is 12.6. The minimum atomic E-state index is -1.37. The lowest BCUT2D eigenvalue weighted by atomic mass is 10.1. The standard InChI is InChI=1S/C11H14F2O/c1-3-4-9-7-10(14-8(2)12)5-6-11(9)13/h5-8H,3-4H2,1-2H3. The zero-order chi connectivity index (χ0) is 10.6. The van der Waals surface area contributed by atoms with Crippen LogP contribution in [0.25, 0.3) is 0 Å². The molecule has 1 atom stereocenters. The van der Waals surface area contributed by atoms with Crippen molar-refractivity contribution in [2.45, 2.75) is 33.0 Å². The highest BCUT2D eigenvalue weighted by Crippen LogP contribution is 2.19. The number of benzene rings is 1. The van der Waals surface area contributed by atoms with E-state index in [1.165, 1.54) is 19.1 Å². The predicted molar refractivity (Wildman–Crippen MR) is 51.6 cm³/mol. The highest BCUT2D eigenvalue weighted by molar-refractivity contribution is 5.30. The molecular formula is C11H14F2O. The third kappa shape index (κ3) is 2.98. The Bertz CT molecular complexity index is 297. The molecule has 14 heavy (non-hydrogen) atoms. The smallest absolute Gasteiger partial charge is 0.235 e. The highest BCUT2D eigenvalue weighted by Gasteiger charge is 2.05. The molecule has 1 rings (SSSR count). The summed E-state index contributed by atoms with van der Waals surface area (Å²) in [5, 5.41) is 0. The monoisotopic (exact) mass is 200 g/mol. The Morgan fingerprint density at radius 3 is 2.71 bits per heavy atom. The van der Waals surface area contributed by atoms with E-state index in [-0.39, 0.29) is 5.82 Å². The van der Waals surface area contributed by atoms with Gasteiger partial charge in [0.25, 0.3) is 0 Å². The topological polar surface area (TPSA) is 9.23 Å². The van der Waals surface area contributed by atoms with Gasteiger partial charge in [0.05, 0.1) is 0 Å². The molecule has 0 aliphatic carbocycles. The second-order valence-corrected chi connectivity index (χ2v) is 3.16. The average molecular weight is 200 g/mol. The van der Waals surface area contributed by atoms with Crippen molar-refractivity contribution in [3.63, 3.8) is 0 Å². The Kier molecular flexibility index (Phi) is 3.86. The lowest BCUT2D eigenvalue weighted by molar-refractivity contribution is 0.0858. The molecule has 0 heterocycles. The lowest BCUT2D eigenvalue weighted by Gasteiger charge is -2.08. The van der Waals surface area contributed by atoms with E-state index < -0.39 is 6.36 Å². The van der Waals surface area contributed by atoms with Crippen molar-refractivity contribution in [1.82, 2.24) is 0 Å². The van der Waals surface area contributed by atoms with Gasteiger partial charge in [-0.1, -0.05) is 13.3 Å². The minimum Gasteiger partial charge on any atom is -0.461 e. The van der Waals surface area contributed by atoms with Gasteiger partial charge < -0.3 is 4.74 Å². The Morgan fingerprint density at radius 1 is 1.43 bits per heavy atom. The van der Waals surface area contributed by atoms with Gasteiger partial charge >= 0.3 is 0 Å². The predicted octanol–water partition coefficient (Wildman–Crippen LogP) is 3.47. The zero-order valence-corrected chi connectivity index (χ0v) is 8.39. The number of rotatable bonds is 4. The number of hydrogen-bond acceptors (Lipinski definition) is 1. The summed E-state index contributed by atoms with van der Waals surface area (Å²) >= 11 is 0. The first kappa shape index (κ1) is 11.0. The third-order valence-electron chi connectivity index (χ3n) is 1.83. The maximum Gasteiger partial charge on any atom is 0.235 e. The van der Waals surface area contributed by atoms with Crippen LogP contribution in [0, 0.1) is 5.82 Å². The van der Waals surface area contributed by atoms with Gasteiger partial charge in [0.15, 0.2) is 0 Å². The molecule has 0 amide bonds. The van der Waals surface area contributed by atoms with Gasteiger partial charge in [-0.15, -0.1) is 0 Å². The molecule has 0 spiro atoms. The Balaban J connectivity index is 2.83. The molecule has 1 unspecified atom stereocenters. The summed E-state index contributed by atoms with van der Waals surface area (Å²) in [6, 6.07) is 4.29. The second-order valence-electron chi connectivity index (χ2n) is 3.16. The fourth-order valence-electron chi connectivity index (χ4n) is 1.27. The number of alkyl halides is 1. The summed E-state index contributed by atoms with van der Waals surface area (Å²) in [5.41, 5.74) is 0.575. The van der Waals surface area contributed by atoms with Crippen LogP contribution in [0.5, 0.6) is 5.75 Å². The summed E-state index contributed by atoms with van der Waals surface area (Å²) in [6.07, 6.45) is 0.129. The summed E-state index contributed by atoms with van der Waals surface area (Å²) in [7, 11) is 0. The Hall–Kier alpha value is -1.12. The van der Waals surface area contributed by atoms with Crippen molar-refractivity contribution in [3.8, 4) is 5.75 Å². The van der Waals surface area contributed by atoms with Crippen LogP contribution in [0.4, 0.5) is 8.78 Å². The van der Waals surface area contributed by atoms with Crippen molar-refractivity contribution in [1.29, 1.82) is 0 Å². The molecule has 0 saturated carbocycles. The van der Waals surface area contributed by atoms with Gasteiger partial charge in [0.2, 0.25) is 6.36 Å². The van der Waals surface area contributed by atoms with Crippen molar-refractivity contribution >= 4 is 0 Å². The fraction of sp³-hybridized carbons (Fsp3) is 0.455. The summed E-state index contributed by atoms with van der Waals surface area (Å²) in [4.78, 5) is 0. The van der Waals surface area contributed by atoms with Crippen LogP contribution >= 0.6 is 0 Å². The van der Waals surface area contributed by atoms with Crippen LogP contribution in [0.2, 0.25) is 0 Å². The molecule has 1 aromatic rings. The number of ether oxygens (including phenoxy) is 1. The molecule has 0 fully saturated rings. The van der Waals surface area contributed by atoms with Crippen molar-refractivity contribution in [2.24, 2.45) is 0 Å². The fourth-order valence-corrected chi connectivity index (χ4v) is 1.27. The summed E-state index contributed by atoms with van der Waals surface area (Å²) in [6.45, 7) is 3.26. The van der Waals surface area contributed by atoms with E-state index in [1.54, 1.807) is 6.07 Å².